The summed E-state index contributed by atoms with van der Waals surface area (Å²) in [6.45, 7) is 5.68. The predicted octanol–water partition coefficient (Wildman–Crippen LogP) is 4.92. The molecule has 1 fully saturated rings. The number of rotatable bonds is 2. The normalized spacial score (nSPS) is 19.9. The molecular weight excluding hydrogens is 307 g/mol. The first-order chi connectivity index (χ1) is 10.2. The molecule has 1 nitrogen and oxygen atoms in total. The van der Waals surface area contributed by atoms with Crippen molar-refractivity contribution in [3.8, 4) is 0 Å². The van der Waals surface area contributed by atoms with Crippen LogP contribution in [0.25, 0.3) is 0 Å². The van der Waals surface area contributed by atoms with Crippen LogP contribution < -0.4 is 0 Å². The topological polar surface area (TPSA) is 9.23 Å². The molecule has 2 aliphatic carbocycles. The van der Waals surface area contributed by atoms with Gasteiger partial charge in [-0.1, -0.05) is 17.5 Å². The summed E-state index contributed by atoms with van der Waals surface area (Å²) in [7, 11) is 0. The second-order valence-electron chi connectivity index (χ2n) is 6.20. The van der Waals surface area contributed by atoms with E-state index in [1.165, 1.54) is 31.0 Å². The van der Waals surface area contributed by atoms with Crippen LogP contribution in [0.1, 0.15) is 39.5 Å². The van der Waals surface area contributed by atoms with Crippen LogP contribution in [0.2, 0.25) is 11.1 Å². The SMILES string of the molecule is C[C](C)=[Ti]([C]1=CC=CC1)[C]1=CC=CC1.[CH3][Al]1[CH2]CCC[O]1. The first-order valence-corrected chi connectivity index (χ1v) is 13.0. The van der Waals surface area contributed by atoms with Gasteiger partial charge in [-0.25, -0.2) is 0 Å². The molecule has 0 bridgehead atoms. The summed E-state index contributed by atoms with van der Waals surface area (Å²) in [4.78, 5) is 0. The van der Waals surface area contributed by atoms with E-state index in [0.717, 1.165) is 6.61 Å². The Bertz CT molecular complexity index is 469. The van der Waals surface area contributed by atoms with Gasteiger partial charge in [-0.15, -0.1) is 0 Å². The van der Waals surface area contributed by atoms with E-state index in [9.17, 15) is 0 Å². The average molecular weight is 334 g/mol. The van der Waals surface area contributed by atoms with E-state index in [0.29, 0.717) is 0 Å². The van der Waals surface area contributed by atoms with E-state index in [4.69, 9.17) is 3.79 Å². The van der Waals surface area contributed by atoms with Crippen molar-refractivity contribution in [2.45, 2.75) is 50.6 Å². The van der Waals surface area contributed by atoms with Crippen molar-refractivity contribution in [1.29, 1.82) is 0 Å². The Hall–Kier alpha value is 0.0368. The summed E-state index contributed by atoms with van der Waals surface area (Å²) < 4.78 is 10.5. The van der Waals surface area contributed by atoms with Gasteiger partial charge in [-0.05, 0) is 6.42 Å². The van der Waals surface area contributed by atoms with Gasteiger partial charge in [-0.3, -0.25) is 0 Å². The second kappa shape index (κ2) is 9.24. The largest absolute Gasteiger partial charge is 0.501 e. The maximum Gasteiger partial charge on any atom is 0.457 e. The monoisotopic (exact) mass is 334 g/mol. The predicted molar refractivity (Wildman–Crippen MR) is 91.6 cm³/mol. The van der Waals surface area contributed by atoms with Crippen molar-refractivity contribution in [2.24, 2.45) is 0 Å². The quantitative estimate of drug-likeness (QED) is 0.651. The maximum absolute atomic E-state index is 5.42. The first-order valence-electron chi connectivity index (χ1n) is 8.19. The molecule has 1 aliphatic heterocycles. The van der Waals surface area contributed by atoms with Crippen LogP contribution in [-0.4, -0.2) is 24.9 Å². The van der Waals surface area contributed by atoms with Crippen molar-refractivity contribution in [2.75, 3.05) is 6.61 Å². The average Bonchev–Trinajstić information content (AvgIpc) is 3.14. The van der Waals surface area contributed by atoms with Crippen LogP contribution in [0.3, 0.4) is 0 Å². The summed E-state index contributed by atoms with van der Waals surface area (Å²) in [5.41, 5.74) is 0. The van der Waals surface area contributed by atoms with Crippen molar-refractivity contribution in [3.05, 3.63) is 44.2 Å². The third kappa shape index (κ3) is 5.63. The fourth-order valence-corrected chi connectivity index (χ4v) is 9.09. The molecular formula is C18H27AlOTi. The Balaban J connectivity index is 0.000000194. The minimum atomic E-state index is -1.19. The van der Waals surface area contributed by atoms with Gasteiger partial charge in [0, 0.05) is 6.61 Å². The van der Waals surface area contributed by atoms with E-state index in [2.05, 4.69) is 56.1 Å². The molecule has 0 atom stereocenters. The summed E-state index contributed by atoms with van der Waals surface area (Å²) in [5, 5.41) is 1.40. The Morgan fingerprint density at radius 1 is 1.05 bits per heavy atom. The van der Waals surface area contributed by atoms with Gasteiger partial charge < -0.3 is 3.79 Å². The zero-order valence-corrected chi connectivity index (χ0v) is 16.4. The first kappa shape index (κ1) is 17.4. The molecule has 0 aromatic heterocycles. The summed E-state index contributed by atoms with van der Waals surface area (Å²) in [6, 6.07) is 0. The third-order valence-electron chi connectivity index (χ3n) is 4.09. The van der Waals surface area contributed by atoms with Crippen molar-refractivity contribution in [3.63, 3.8) is 0 Å². The second-order valence-corrected chi connectivity index (χ2v) is 13.5. The van der Waals surface area contributed by atoms with Crippen LogP contribution in [0.4, 0.5) is 0 Å². The van der Waals surface area contributed by atoms with Gasteiger partial charge in [0.15, 0.2) is 0 Å². The molecule has 1 heterocycles. The summed E-state index contributed by atoms with van der Waals surface area (Å²) in [6.07, 6.45) is 18.8. The molecule has 0 unspecified atom stereocenters. The van der Waals surface area contributed by atoms with E-state index >= 15 is 0 Å². The fraction of sp³-hybridized carbons (Fsp3) is 0.500. The fourth-order valence-electron chi connectivity index (χ4n) is 3.02. The number of allylic oxidation sites excluding steroid dienone is 8. The maximum atomic E-state index is 5.42. The van der Waals surface area contributed by atoms with Gasteiger partial charge in [0.05, 0.1) is 0 Å². The van der Waals surface area contributed by atoms with Gasteiger partial charge in [0.1, 0.15) is 0 Å². The molecule has 3 heteroatoms. The van der Waals surface area contributed by atoms with Crippen molar-refractivity contribution < 1.29 is 21.2 Å². The van der Waals surface area contributed by atoms with Crippen LogP contribution in [0.15, 0.2) is 44.2 Å². The van der Waals surface area contributed by atoms with Crippen LogP contribution in [-0.2, 0) is 21.2 Å². The Kier molecular flexibility index (Phi) is 7.65. The molecule has 3 aliphatic rings. The Labute approximate surface area is 140 Å². The molecule has 0 aromatic rings. The van der Waals surface area contributed by atoms with Crippen molar-refractivity contribution >= 4 is 18.3 Å². The van der Waals surface area contributed by atoms with Gasteiger partial charge in [0.25, 0.3) is 0 Å². The molecule has 3 rings (SSSR count). The van der Waals surface area contributed by atoms with E-state index in [-0.39, 0.29) is 0 Å². The molecule has 0 aromatic carbocycles. The van der Waals surface area contributed by atoms with Gasteiger partial charge in [-0.2, -0.15) is 0 Å². The minimum Gasteiger partial charge on any atom is -0.501 e. The molecule has 0 N–H and O–H groups in total. The standard InChI is InChI=1S/2C5H5.C4H8O.C3H6.CH3.Al.Ti/c2*1-2-4-5-3-1;1-2-3-4-5;1-3-2;;;/h2*1-3H,4H2;1-4H2;1-2H3;1H3;;/q;;-1;;;+1;. The minimum absolute atomic E-state index is 0.595. The van der Waals surface area contributed by atoms with Gasteiger partial charge in [0.2, 0.25) is 0 Å². The zero-order valence-electron chi connectivity index (χ0n) is 13.7. The van der Waals surface area contributed by atoms with E-state index in [1.807, 2.05) is 0 Å². The Morgan fingerprint density at radius 2 is 1.67 bits per heavy atom. The smallest absolute Gasteiger partial charge is 0.457 e. The number of hydrogen-bond acceptors (Lipinski definition) is 1. The van der Waals surface area contributed by atoms with Crippen molar-refractivity contribution in [1.82, 2.24) is 0 Å². The molecule has 112 valence electrons. The molecule has 1 saturated heterocycles. The zero-order chi connectivity index (χ0) is 15.1. The Morgan fingerprint density at radius 3 is 1.95 bits per heavy atom. The molecule has 0 saturated carbocycles. The third-order valence-corrected chi connectivity index (χ3v) is 10.8. The van der Waals surface area contributed by atoms with Crippen LogP contribution in [0.5, 0.6) is 0 Å². The van der Waals surface area contributed by atoms with E-state index < -0.39 is 31.9 Å². The van der Waals surface area contributed by atoms with E-state index in [1.54, 1.807) is 11.6 Å². The molecule has 0 radical (unpaired) electrons. The summed E-state index contributed by atoms with van der Waals surface area (Å²) in [5.74, 6) is 2.28. The summed E-state index contributed by atoms with van der Waals surface area (Å²) >= 11 is -1.79. The number of hydrogen-bond donors (Lipinski definition) is 0. The van der Waals surface area contributed by atoms with Crippen LogP contribution >= 0.6 is 0 Å². The molecule has 0 spiro atoms. The van der Waals surface area contributed by atoms with Gasteiger partial charge >= 0.3 is 107 Å². The molecule has 21 heavy (non-hydrogen) atoms. The van der Waals surface area contributed by atoms with Crippen LogP contribution in [0, 0.1) is 0 Å². The molecule has 0 amide bonds.